The van der Waals surface area contributed by atoms with Crippen LogP contribution in [0.1, 0.15) is 54.1 Å². The van der Waals surface area contributed by atoms with Gasteiger partial charge >= 0.3 is 0 Å². The third-order valence-electron chi connectivity index (χ3n) is 4.55. The minimum Gasteiger partial charge on any atom is -0.484 e. The molecule has 0 unspecified atom stereocenters. The Labute approximate surface area is 160 Å². The van der Waals surface area contributed by atoms with Crippen molar-refractivity contribution in [2.24, 2.45) is 0 Å². The average Bonchev–Trinajstić information content (AvgIpc) is 3.44. The maximum absolute atomic E-state index is 12.2. The van der Waals surface area contributed by atoms with Crippen molar-refractivity contribution in [2.75, 3.05) is 11.9 Å². The number of aryl methyl sites for hydroxylation is 1. The minimum atomic E-state index is -0.264. The third-order valence-corrected chi connectivity index (χ3v) is 4.55. The second kappa shape index (κ2) is 8.25. The molecule has 1 fully saturated rings. The number of ether oxygens (including phenoxy) is 1. The van der Waals surface area contributed by atoms with Gasteiger partial charge in [0.15, 0.2) is 6.61 Å². The summed E-state index contributed by atoms with van der Waals surface area (Å²) in [6.45, 7) is 6.25. The summed E-state index contributed by atoms with van der Waals surface area (Å²) in [5, 5.41) is 5.72. The molecule has 2 aromatic rings. The van der Waals surface area contributed by atoms with Crippen LogP contribution in [0.4, 0.5) is 5.69 Å². The molecule has 0 radical (unpaired) electrons. The molecule has 142 valence electrons. The first-order valence-electron chi connectivity index (χ1n) is 9.36. The molecular formula is C22H26N2O3. The van der Waals surface area contributed by atoms with E-state index in [-0.39, 0.29) is 18.4 Å². The number of benzene rings is 2. The number of hydrogen-bond donors (Lipinski definition) is 2. The molecule has 0 heterocycles. The van der Waals surface area contributed by atoms with E-state index < -0.39 is 0 Å². The zero-order chi connectivity index (χ0) is 19.4. The molecule has 0 spiro atoms. The second-order valence-corrected chi connectivity index (χ2v) is 7.34. The molecule has 0 saturated heterocycles. The van der Waals surface area contributed by atoms with E-state index in [9.17, 15) is 9.59 Å². The lowest BCUT2D eigenvalue weighted by atomic mass is 9.98. The molecule has 2 amide bonds. The van der Waals surface area contributed by atoms with Crippen LogP contribution < -0.4 is 15.4 Å². The monoisotopic (exact) mass is 366 g/mol. The molecule has 1 aliphatic carbocycles. The summed E-state index contributed by atoms with van der Waals surface area (Å²) in [6.07, 6.45) is 2.08. The first-order valence-corrected chi connectivity index (χ1v) is 9.36. The summed E-state index contributed by atoms with van der Waals surface area (Å²) in [7, 11) is 0. The first-order chi connectivity index (χ1) is 12.9. The van der Waals surface area contributed by atoms with Gasteiger partial charge in [-0.15, -0.1) is 0 Å². The van der Waals surface area contributed by atoms with E-state index in [1.165, 1.54) is 5.56 Å². The van der Waals surface area contributed by atoms with Crippen LogP contribution >= 0.6 is 0 Å². The van der Waals surface area contributed by atoms with E-state index in [0.717, 1.165) is 18.4 Å². The lowest BCUT2D eigenvalue weighted by Crippen LogP contribution is -2.25. The van der Waals surface area contributed by atoms with Crippen molar-refractivity contribution in [1.29, 1.82) is 0 Å². The molecule has 3 rings (SSSR count). The van der Waals surface area contributed by atoms with E-state index in [4.69, 9.17) is 4.74 Å². The fourth-order valence-corrected chi connectivity index (χ4v) is 2.97. The van der Waals surface area contributed by atoms with E-state index in [0.29, 0.717) is 29.0 Å². The minimum absolute atomic E-state index is 0.0844. The first kappa shape index (κ1) is 19.0. The van der Waals surface area contributed by atoms with Gasteiger partial charge in [-0.05, 0) is 67.1 Å². The fraction of sp³-hybridized carbons (Fsp3) is 0.364. The maximum atomic E-state index is 12.2. The Morgan fingerprint density at radius 1 is 1.15 bits per heavy atom. The largest absolute Gasteiger partial charge is 0.484 e. The van der Waals surface area contributed by atoms with E-state index >= 15 is 0 Å². The van der Waals surface area contributed by atoms with Crippen LogP contribution in [0.3, 0.4) is 0 Å². The van der Waals surface area contributed by atoms with Crippen LogP contribution in [-0.4, -0.2) is 24.5 Å². The Kier molecular flexibility index (Phi) is 5.79. The van der Waals surface area contributed by atoms with Crippen molar-refractivity contribution < 1.29 is 14.3 Å². The highest BCUT2D eigenvalue weighted by molar-refractivity contribution is 5.97. The van der Waals surface area contributed by atoms with Gasteiger partial charge in [0.05, 0.1) is 0 Å². The molecule has 0 bridgehead atoms. The summed E-state index contributed by atoms with van der Waals surface area (Å²) < 4.78 is 5.60. The number of amides is 2. The fourth-order valence-electron chi connectivity index (χ4n) is 2.97. The molecular weight excluding hydrogens is 340 g/mol. The zero-order valence-electron chi connectivity index (χ0n) is 16.0. The van der Waals surface area contributed by atoms with Gasteiger partial charge in [-0.2, -0.15) is 0 Å². The Bertz CT molecular complexity index is 841. The normalized spacial score (nSPS) is 13.3. The molecule has 1 saturated carbocycles. The SMILES string of the molecule is Cc1cc(OCC(=O)Nc2cccc(C(=O)NC3CC3)c2)ccc1C(C)C. The summed E-state index contributed by atoms with van der Waals surface area (Å²) in [4.78, 5) is 24.3. The number of hydrogen-bond acceptors (Lipinski definition) is 3. The number of carbonyl (C=O) groups excluding carboxylic acids is 2. The molecule has 0 atom stereocenters. The van der Waals surface area contributed by atoms with Crippen LogP contribution in [0.15, 0.2) is 42.5 Å². The van der Waals surface area contributed by atoms with Gasteiger partial charge in [-0.25, -0.2) is 0 Å². The van der Waals surface area contributed by atoms with E-state index in [1.807, 2.05) is 25.1 Å². The van der Waals surface area contributed by atoms with Crippen molar-refractivity contribution in [3.8, 4) is 5.75 Å². The number of carbonyl (C=O) groups is 2. The van der Waals surface area contributed by atoms with Gasteiger partial charge < -0.3 is 15.4 Å². The molecule has 5 nitrogen and oxygen atoms in total. The van der Waals surface area contributed by atoms with Gasteiger partial charge in [0.1, 0.15) is 5.75 Å². The third kappa shape index (κ3) is 5.33. The van der Waals surface area contributed by atoms with Crippen LogP contribution in [-0.2, 0) is 4.79 Å². The molecule has 2 N–H and O–H groups in total. The predicted molar refractivity (Wildman–Crippen MR) is 106 cm³/mol. The maximum Gasteiger partial charge on any atom is 0.262 e. The van der Waals surface area contributed by atoms with Gasteiger partial charge in [-0.3, -0.25) is 9.59 Å². The standard InChI is InChI=1S/C22H26N2O3/c1-14(2)20-10-9-19(11-15(20)3)27-13-21(25)23-18-6-4-5-16(12-18)22(26)24-17-7-8-17/h4-6,9-12,14,17H,7-8,13H2,1-3H3,(H,23,25)(H,24,26). The van der Waals surface area contributed by atoms with Crippen LogP contribution in [0.25, 0.3) is 0 Å². The van der Waals surface area contributed by atoms with E-state index in [2.05, 4.69) is 24.5 Å². The molecule has 5 heteroatoms. The lowest BCUT2D eigenvalue weighted by Gasteiger charge is -2.13. The quantitative estimate of drug-likeness (QED) is 0.777. The highest BCUT2D eigenvalue weighted by Gasteiger charge is 2.23. The Morgan fingerprint density at radius 3 is 2.59 bits per heavy atom. The average molecular weight is 366 g/mol. The number of nitrogens with one attached hydrogen (secondary N) is 2. The highest BCUT2D eigenvalue weighted by Crippen LogP contribution is 2.23. The summed E-state index contributed by atoms with van der Waals surface area (Å²) in [6, 6.07) is 13.1. The van der Waals surface area contributed by atoms with E-state index in [1.54, 1.807) is 24.3 Å². The van der Waals surface area contributed by atoms with Gasteiger partial charge in [-0.1, -0.05) is 26.0 Å². The summed E-state index contributed by atoms with van der Waals surface area (Å²) in [5.41, 5.74) is 3.55. The molecule has 0 aliphatic heterocycles. The summed E-state index contributed by atoms with van der Waals surface area (Å²) in [5.74, 6) is 0.752. The van der Waals surface area contributed by atoms with Crippen molar-refractivity contribution in [3.05, 3.63) is 59.2 Å². The van der Waals surface area contributed by atoms with Gasteiger partial charge in [0, 0.05) is 17.3 Å². The molecule has 27 heavy (non-hydrogen) atoms. The van der Waals surface area contributed by atoms with Crippen LogP contribution in [0.2, 0.25) is 0 Å². The molecule has 0 aromatic heterocycles. The Balaban J connectivity index is 1.54. The summed E-state index contributed by atoms with van der Waals surface area (Å²) >= 11 is 0. The second-order valence-electron chi connectivity index (χ2n) is 7.34. The van der Waals surface area contributed by atoms with Gasteiger partial charge in [0.25, 0.3) is 11.8 Å². The topological polar surface area (TPSA) is 67.4 Å². The van der Waals surface area contributed by atoms with Crippen LogP contribution in [0, 0.1) is 6.92 Å². The van der Waals surface area contributed by atoms with Crippen LogP contribution in [0.5, 0.6) is 5.75 Å². The zero-order valence-corrected chi connectivity index (χ0v) is 16.0. The van der Waals surface area contributed by atoms with Crippen molar-refractivity contribution in [3.63, 3.8) is 0 Å². The smallest absolute Gasteiger partial charge is 0.262 e. The highest BCUT2D eigenvalue weighted by atomic mass is 16.5. The Morgan fingerprint density at radius 2 is 1.93 bits per heavy atom. The molecule has 1 aliphatic rings. The van der Waals surface area contributed by atoms with Crippen molar-refractivity contribution >= 4 is 17.5 Å². The predicted octanol–water partition coefficient (Wildman–Crippen LogP) is 4.03. The number of anilines is 1. The van der Waals surface area contributed by atoms with Crippen molar-refractivity contribution in [1.82, 2.24) is 5.32 Å². The molecule has 2 aromatic carbocycles. The lowest BCUT2D eigenvalue weighted by molar-refractivity contribution is -0.118. The van der Waals surface area contributed by atoms with Gasteiger partial charge in [0.2, 0.25) is 0 Å². The number of rotatable bonds is 7. The van der Waals surface area contributed by atoms with Crippen molar-refractivity contribution in [2.45, 2.75) is 45.6 Å². The Hall–Kier alpha value is -2.82.